The summed E-state index contributed by atoms with van der Waals surface area (Å²) in [6, 6.07) is 22.1. The highest BCUT2D eigenvalue weighted by atomic mass is 16.6. The van der Waals surface area contributed by atoms with Crippen LogP contribution in [-0.2, 0) is 0 Å². The van der Waals surface area contributed by atoms with Crippen LogP contribution in [0.4, 0.5) is 52.0 Å². The topological polar surface area (TPSA) is 94.8 Å². The van der Waals surface area contributed by atoms with Crippen LogP contribution in [0.3, 0.4) is 0 Å². The number of hydrogen-bond donors (Lipinski definition) is 0. The van der Waals surface area contributed by atoms with E-state index >= 15 is 0 Å². The minimum atomic E-state index is -0.360. The Labute approximate surface area is 202 Å². The molecule has 10 heteroatoms. The maximum absolute atomic E-state index is 12.3. The molecule has 4 heterocycles. The fraction of sp³-hybridized carbons (Fsp3) is 0.160. The molecule has 4 aromatic rings. The molecular formula is C25H24N8O2. The first-order chi connectivity index (χ1) is 16.8. The lowest BCUT2D eigenvalue weighted by atomic mass is 10.2. The number of nitro groups is 1. The highest BCUT2D eigenvalue weighted by molar-refractivity contribution is 5.83. The molecule has 176 valence electrons. The first kappa shape index (κ1) is 22.1. The van der Waals surface area contributed by atoms with Crippen LogP contribution >= 0.6 is 0 Å². The fourth-order valence-corrected chi connectivity index (χ4v) is 4.09. The van der Waals surface area contributed by atoms with Crippen molar-refractivity contribution in [2.24, 2.45) is 0 Å². The first-order valence-electron chi connectivity index (χ1n) is 11.0. The molecule has 0 saturated carbocycles. The standard InChI is InChI=1S/C25H24N8O2/c1-29-17-9-5-10-18(25(17)33(34)35)30(2)20-12-7-14-22(27-20)32(4)24-16-8-15-23(28-24)31(3)21-13-6-11-19(29)26-21/h5-16H,1-4H3. The number of nitro benzene ring substituents is 1. The minimum absolute atomic E-state index is 0.0300. The third-order valence-electron chi connectivity index (χ3n) is 6.12. The Hall–Kier alpha value is -4.73. The molecule has 8 bridgehead atoms. The average Bonchev–Trinajstić information content (AvgIpc) is 2.90. The van der Waals surface area contributed by atoms with Crippen molar-refractivity contribution in [2.75, 3.05) is 47.8 Å². The lowest BCUT2D eigenvalue weighted by molar-refractivity contribution is -0.383. The normalized spacial score (nSPS) is 13.1. The number of fused-ring (bicyclic) bond motifs is 8. The second-order valence-corrected chi connectivity index (χ2v) is 8.20. The zero-order chi connectivity index (χ0) is 24.7. The number of rotatable bonds is 1. The molecule has 5 rings (SSSR count). The van der Waals surface area contributed by atoms with Crippen LogP contribution in [0.1, 0.15) is 0 Å². The minimum Gasteiger partial charge on any atom is -0.324 e. The summed E-state index contributed by atoms with van der Waals surface area (Å²) in [6.07, 6.45) is 0. The third-order valence-corrected chi connectivity index (χ3v) is 6.12. The van der Waals surface area contributed by atoms with Gasteiger partial charge in [0.2, 0.25) is 0 Å². The lowest BCUT2D eigenvalue weighted by Crippen LogP contribution is -2.21. The molecule has 0 saturated heterocycles. The van der Waals surface area contributed by atoms with Gasteiger partial charge < -0.3 is 19.6 Å². The van der Waals surface area contributed by atoms with Crippen molar-refractivity contribution in [1.29, 1.82) is 0 Å². The average molecular weight is 469 g/mol. The summed E-state index contributed by atoms with van der Waals surface area (Å²) in [5.74, 6) is 3.86. The van der Waals surface area contributed by atoms with E-state index in [2.05, 4.69) is 0 Å². The van der Waals surface area contributed by atoms with Gasteiger partial charge in [0.15, 0.2) is 0 Å². The predicted octanol–water partition coefficient (Wildman–Crippen LogP) is 5.16. The lowest BCUT2D eigenvalue weighted by Gasteiger charge is -2.26. The van der Waals surface area contributed by atoms with Crippen LogP contribution in [0.5, 0.6) is 0 Å². The van der Waals surface area contributed by atoms with E-state index in [1.165, 1.54) is 0 Å². The molecular weight excluding hydrogens is 444 g/mol. The van der Waals surface area contributed by atoms with Gasteiger partial charge in [-0.3, -0.25) is 10.1 Å². The fourth-order valence-electron chi connectivity index (χ4n) is 4.09. The highest BCUT2D eigenvalue weighted by Crippen LogP contribution is 2.41. The van der Waals surface area contributed by atoms with E-state index in [1.54, 1.807) is 42.1 Å². The van der Waals surface area contributed by atoms with Crippen molar-refractivity contribution >= 4 is 52.0 Å². The number of hydrogen-bond acceptors (Lipinski definition) is 9. The van der Waals surface area contributed by atoms with E-state index in [0.29, 0.717) is 46.3 Å². The summed E-state index contributed by atoms with van der Waals surface area (Å²) >= 11 is 0. The predicted molar refractivity (Wildman–Crippen MR) is 138 cm³/mol. The summed E-state index contributed by atoms with van der Waals surface area (Å²) in [6.45, 7) is 0. The molecule has 0 spiro atoms. The first-order valence-corrected chi connectivity index (χ1v) is 11.0. The van der Waals surface area contributed by atoms with Crippen molar-refractivity contribution in [3.05, 3.63) is 82.9 Å². The highest BCUT2D eigenvalue weighted by Gasteiger charge is 2.27. The summed E-state index contributed by atoms with van der Waals surface area (Å²) in [4.78, 5) is 33.5. The van der Waals surface area contributed by atoms with Crippen molar-refractivity contribution in [3.8, 4) is 0 Å². The van der Waals surface area contributed by atoms with Crippen molar-refractivity contribution in [3.63, 3.8) is 0 Å². The van der Waals surface area contributed by atoms with Gasteiger partial charge in [-0.15, -0.1) is 0 Å². The van der Waals surface area contributed by atoms with Gasteiger partial charge in [-0.2, -0.15) is 0 Å². The van der Waals surface area contributed by atoms with Crippen molar-refractivity contribution in [2.45, 2.75) is 0 Å². The molecule has 0 fully saturated rings. The van der Waals surface area contributed by atoms with E-state index in [4.69, 9.17) is 15.0 Å². The summed E-state index contributed by atoms with van der Waals surface area (Å²) in [5, 5.41) is 12.3. The molecule has 1 aliphatic heterocycles. The van der Waals surface area contributed by atoms with Crippen molar-refractivity contribution in [1.82, 2.24) is 15.0 Å². The molecule has 0 atom stereocenters. The second kappa shape index (κ2) is 8.56. The monoisotopic (exact) mass is 468 g/mol. The molecule has 1 aromatic carbocycles. The van der Waals surface area contributed by atoms with Gasteiger partial charge in [0.1, 0.15) is 46.3 Å². The molecule has 0 N–H and O–H groups in total. The summed E-state index contributed by atoms with van der Waals surface area (Å²) in [7, 11) is 7.32. The number of aromatic nitrogens is 3. The molecule has 35 heavy (non-hydrogen) atoms. The van der Waals surface area contributed by atoms with Crippen LogP contribution in [0.15, 0.2) is 72.8 Å². The second-order valence-electron chi connectivity index (χ2n) is 8.20. The Morgan fingerprint density at radius 2 is 0.829 bits per heavy atom. The zero-order valence-electron chi connectivity index (χ0n) is 19.8. The maximum atomic E-state index is 12.3. The van der Waals surface area contributed by atoms with Crippen LogP contribution in [0.2, 0.25) is 0 Å². The van der Waals surface area contributed by atoms with E-state index in [-0.39, 0.29) is 10.6 Å². The maximum Gasteiger partial charge on any atom is 0.316 e. The summed E-state index contributed by atoms with van der Waals surface area (Å²) < 4.78 is 0. The van der Waals surface area contributed by atoms with E-state index in [1.807, 2.05) is 78.5 Å². The van der Waals surface area contributed by atoms with Crippen LogP contribution in [-0.4, -0.2) is 48.1 Å². The number of anilines is 8. The number of pyridine rings is 3. The zero-order valence-corrected chi connectivity index (χ0v) is 19.8. The summed E-state index contributed by atoms with van der Waals surface area (Å²) in [5.41, 5.74) is 0.817. The van der Waals surface area contributed by atoms with Gasteiger partial charge in [0.05, 0.1) is 4.92 Å². The number of para-hydroxylation sites is 1. The van der Waals surface area contributed by atoms with Gasteiger partial charge >= 0.3 is 5.69 Å². The van der Waals surface area contributed by atoms with Crippen LogP contribution in [0.25, 0.3) is 0 Å². The van der Waals surface area contributed by atoms with Crippen LogP contribution in [0, 0.1) is 10.1 Å². The molecule has 0 unspecified atom stereocenters. The quantitative estimate of drug-likeness (QED) is 0.277. The van der Waals surface area contributed by atoms with Gasteiger partial charge in [-0.1, -0.05) is 24.3 Å². The SMILES string of the molecule is CN1c2cccc(n2)N(C)c2cccc(n2)N(C)c2cccc(c2[N+](=O)[O-])N(C)c2cccc1n2. The van der Waals surface area contributed by atoms with Gasteiger partial charge in [-0.05, 0) is 48.5 Å². The number of benzene rings is 1. The molecule has 0 aliphatic carbocycles. The van der Waals surface area contributed by atoms with E-state index in [0.717, 1.165) is 0 Å². The Bertz CT molecular complexity index is 1330. The largest absolute Gasteiger partial charge is 0.324 e. The van der Waals surface area contributed by atoms with Gasteiger partial charge in [0.25, 0.3) is 0 Å². The molecule has 0 radical (unpaired) electrons. The number of nitrogens with zero attached hydrogens (tertiary/aromatic N) is 8. The molecule has 0 amide bonds. The van der Waals surface area contributed by atoms with Gasteiger partial charge in [-0.25, -0.2) is 15.0 Å². The molecule has 3 aromatic heterocycles. The third kappa shape index (κ3) is 3.84. The van der Waals surface area contributed by atoms with Crippen molar-refractivity contribution < 1.29 is 4.92 Å². The molecule has 10 nitrogen and oxygen atoms in total. The van der Waals surface area contributed by atoms with E-state index < -0.39 is 0 Å². The van der Waals surface area contributed by atoms with E-state index in [9.17, 15) is 10.1 Å². The Balaban J connectivity index is 1.79. The Morgan fingerprint density at radius 1 is 0.543 bits per heavy atom. The Kier molecular flexibility index (Phi) is 5.40. The molecule has 1 aliphatic rings. The Morgan fingerprint density at radius 3 is 1.14 bits per heavy atom. The smallest absolute Gasteiger partial charge is 0.316 e. The van der Waals surface area contributed by atoms with Gasteiger partial charge in [0, 0.05) is 28.2 Å². The van der Waals surface area contributed by atoms with Crippen LogP contribution < -0.4 is 19.6 Å².